The highest BCUT2D eigenvalue weighted by atomic mass is 127. The summed E-state index contributed by atoms with van der Waals surface area (Å²) in [5.41, 5.74) is 4.39. The number of likely N-dealkylation sites (tertiary alicyclic amines) is 1. The second-order valence-electron chi connectivity index (χ2n) is 8.56. The van der Waals surface area contributed by atoms with Crippen LogP contribution in [0.1, 0.15) is 60.2 Å². The smallest absolute Gasteiger partial charge is 0.251 e. The zero-order chi connectivity index (χ0) is 22.8. The molecule has 0 bridgehead atoms. The number of carbonyl (C=O) groups excluding carboxylic acids is 1. The fourth-order valence-electron chi connectivity index (χ4n) is 3.74. The first-order valence-electron chi connectivity index (χ1n) is 11.7. The highest BCUT2D eigenvalue weighted by molar-refractivity contribution is 14.0. The molecule has 1 atom stereocenters. The van der Waals surface area contributed by atoms with Gasteiger partial charge in [-0.15, -0.1) is 24.0 Å². The summed E-state index contributed by atoms with van der Waals surface area (Å²) < 4.78 is 0. The van der Waals surface area contributed by atoms with Crippen molar-refractivity contribution in [1.29, 1.82) is 0 Å². The Bertz CT molecular complexity index is 877. The van der Waals surface area contributed by atoms with Crippen LogP contribution in [0.25, 0.3) is 0 Å². The van der Waals surface area contributed by atoms with Gasteiger partial charge in [0.25, 0.3) is 5.91 Å². The van der Waals surface area contributed by atoms with Gasteiger partial charge in [0.05, 0.1) is 0 Å². The summed E-state index contributed by atoms with van der Waals surface area (Å²) in [6, 6.07) is 16.7. The molecule has 1 amide bonds. The Balaban J connectivity index is 0.00000385. The number of hydrogen-bond donors (Lipinski definition) is 3. The molecule has 6 nitrogen and oxygen atoms in total. The number of nitrogens with one attached hydrogen (secondary N) is 3. The van der Waals surface area contributed by atoms with E-state index in [1.165, 1.54) is 37.1 Å². The van der Waals surface area contributed by atoms with E-state index in [-0.39, 0.29) is 35.9 Å². The predicted molar refractivity (Wildman–Crippen MR) is 147 cm³/mol. The third kappa shape index (κ3) is 8.97. The lowest BCUT2D eigenvalue weighted by atomic mass is 10.1. The Kier molecular flexibility index (Phi) is 11.7. The van der Waals surface area contributed by atoms with E-state index in [0.29, 0.717) is 12.1 Å². The van der Waals surface area contributed by atoms with E-state index in [9.17, 15) is 4.79 Å². The number of carbonyl (C=O) groups is 1. The van der Waals surface area contributed by atoms with Gasteiger partial charge in [0.15, 0.2) is 5.96 Å². The molecule has 33 heavy (non-hydrogen) atoms. The van der Waals surface area contributed by atoms with Gasteiger partial charge in [0.1, 0.15) is 0 Å². The quantitative estimate of drug-likeness (QED) is 0.242. The summed E-state index contributed by atoms with van der Waals surface area (Å²) in [4.78, 5) is 19.0. The maximum Gasteiger partial charge on any atom is 0.251 e. The predicted octanol–water partition coefficient (Wildman–Crippen LogP) is 4.29. The van der Waals surface area contributed by atoms with Crippen molar-refractivity contribution >= 4 is 35.8 Å². The van der Waals surface area contributed by atoms with E-state index in [0.717, 1.165) is 31.0 Å². The van der Waals surface area contributed by atoms with Crippen LogP contribution in [0.15, 0.2) is 53.5 Å². The minimum absolute atomic E-state index is 0. The van der Waals surface area contributed by atoms with Crippen LogP contribution in [-0.4, -0.2) is 42.9 Å². The maximum absolute atomic E-state index is 12.2. The largest absolute Gasteiger partial charge is 0.352 e. The van der Waals surface area contributed by atoms with Crippen LogP contribution in [0.5, 0.6) is 0 Å². The number of hydrogen-bond acceptors (Lipinski definition) is 3. The summed E-state index contributed by atoms with van der Waals surface area (Å²) in [6.45, 7) is 8.93. The molecule has 1 aliphatic heterocycles. The van der Waals surface area contributed by atoms with Crippen molar-refractivity contribution < 1.29 is 4.79 Å². The highest BCUT2D eigenvalue weighted by Crippen LogP contribution is 2.13. The van der Waals surface area contributed by atoms with E-state index in [1.54, 1.807) is 7.05 Å². The van der Waals surface area contributed by atoms with Crippen molar-refractivity contribution in [2.24, 2.45) is 4.99 Å². The molecule has 7 heteroatoms. The monoisotopic (exact) mass is 563 g/mol. The standard InChI is InChI=1S/C26H37N5O.HI/c1-4-20(2)30-25(32)24-13-11-22(12-14-24)18-29-26(27-3)28-17-21-7-9-23(10-8-21)19-31-15-5-6-16-31;/h7-14,20H,4-6,15-19H2,1-3H3,(H,30,32)(H2,27,28,29);1H. The first-order valence-corrected chi connectivity index (χ1v) is 11.7. The number of rotatable bonds is 9. The second kappa shape index (κ2) is 14.2. The van der Waals surface area contributed by atoms with Crippen LogP contribution in [0.4, 0.5) is 0 Å². The van der Waals surface area contributed by atoms with Crippen molar-refractivity contribution in [3.05, 3.63) is 70.8 Å². The third-order valence-electron chi connectivity index (χ3n) is 5.98. The van der Waals surface area contributed by atoms with Crippen molar-refractivity contribution in [1.82, 2.24) is 20.9 Å². The zero-order valence-corrected chi connectivity index (χ0v) is 22.4. The van der Waals surface area contributed by atoms with Crippen LogP contribution < -0.4 is 16.0 Å². The van der Waals surface area contributed by atoms with Crippen LogP contribution in [0.2, 0.25) is 0 Å². The Hall–Kier alpha value is -2.13. The van der Waals surface area contributed by atoms with Crippen molar-refractivity contribution in [3.63, 3.8) is 0 Å². The molecule has 3 rings (SSSR count). The van der Waals surface area contributed by atoms with Gasteiger partial charge in [-0.2, -0.15) is 0 Å². The Morgan fingerprint density at radius 1 is 0.939 bits per heavy atom. The number of benzene rings is 2. The van der Waals surface area contributed by atoms with Gasteiger partial charge >= 0.3 is 0 Å². The molecule has 1 heterocycles. The van der Waals surface area contributed by atoms with Crippen molar-refractivity contribution in [3.8, 4) is 0 Å². The number of amides is 1. The molecule has 1 saturated heterocycles. The molecule has 2 aromatic carbocycles. The van der Waals surface area contributed by atoms with E-state index >= 15 is 0 Å². The van der Waals surface area contributed by atoms with E-state index in [2.05, 4.69) is 57.0 Å². The molecule has 3 N–H and O–H groups in total. The molecule has 1 aliphatic rings. The Labute approximate surface area is 215 Å². The minimum Gasteiger partial charge on any atom is -0.352 e. The summed E-state index contributed by atoms with van der Waals surface area (Å²) in [7, 11) is 1.77. The maximum atomic E-state index is 12.2. The van der Waals surface area contributed by atoms with Gasteiger partial charge in [-0.25, -0.2) is 0 Å². The topological polar surface area (TPSA) is 68.8 Å². The van der Waals surface area contributed by atoms with Crippen LogP contribution in [0, 0.1) is 0 Å². The summed E-state index contributed by atoms with van der Waals surface area (Å²) in [5, 5.41) is 9.70. The van der Waals surface area contributed by atoms with Gasteiger partial charge in [-0.3, -0.25) is 14.7 Å². The number of halogens is 1. The lowest BCUT2D eigenvalue weighted by Crippen LogP contribution is -2.36. The average Bonchev–Trinajstić information content (AvgIpc) is 3.33. The fourth-order valence-corrected chi connectivity index (χ4v) is 3.74. The molecular weight excluding hydrogens is 525 g/mol. The van der Waals surface area contributed by atoms with Gasteiger partial charge < -0.3 is 16.0 Å². The number of guanidine groups is 1. The molecule has 1 unspecified atom stereocenters. The fraction of sp³-hybridized carbons (Fsp3) is 0.462. The first-order chi connectivity index (χ1) is 15.6. The second-order valence-corrected chi connectivity index (χ2v) is 8.56. The molecule has 2 aromatic rings. The van der Waals surface area contributed by atoms with Crippen LogP contribution >= 0.6 is 24.0 Å². The van der Waals surface area contributed by atoms with Crippen LogP contribution in [0.3, 0.4) is 0 Å². The molecule has 0 saturated carbocycles. The van der Waals surface area contributed by atoms with Gasteiger partial charge in [0.2, 0.25) is 0 Å². The van der Waals surface area contributed by atoms with E-state index in [1.807, 2.05) is 31.2 Å². The average molecular weight is 564 g/mol. The lowest BCUT2D eigenvalue weighted by Gasteiger charge is -2.15. The van der Waals surface area contributed by atoms with Gasteiger partial charge in [0, 0.05) is 38.3 Å². The van der Waals surface area contributed by atoms with Crippen molar-refractivity contribution in [2.45, 2.75) is 58.8 Å². The third-order valence-corrected chi connectivity index (χ3v) is 5.98. The SMILES string of the molecule is CCC(C)NC(=O)c1ccc(CNC(=NC)NCc2ccc(CN3CCCC3)cc2)cc1.I. The van der Waals surface area contributed by atoms with Crippen molar-refractivity contribution in [2.75, 3.05) is 20.1 Å². The van der Waals surface area contributed by atoms with Gasteiger partial charge in [-0.1, -0.05) is 43.3 Å². The van der Waals surface area contributed by atoms with E-state index < -0.39 is 0 Å². The Morgan fingerprint density at radius 2 is 1.45 bits per heavy atom. The van der Waals surface area contributed by atoms with Gasteiger partial charge in [-0.05, 0) is 68.1 Å². The molecule has 0 aliphatic carbocycles. The summed E-state index contributed by atoms with van der Waals surface area (Å²) in [5.74, 6) is 0.729. The minimum atomic E-state index is -0.0252. The number of nitrogens with zero attached hydrogens (tertiary/aromatic N) is 2. The molecule has 180 valence electrons. The highest BCUT2D eigenvalue weighted by Gasteiger charge is 2.11. The zero-order valence-electron chi connectivity index (χ0n) is 20.1. The van der Waals surface area contributed by atoms with E-state index in [4.69, 9.17) is 0 Å². The molecular formula is C26H38IN5O. The van der Waals surface area contributed by atoms with Crippen LogP contribution in [-0.2, 0) is 19.6 Å². The first kappa shape index (κ1) is 27.1. The molecule has 0 aromatic heterocycles. The summed E-state index contributed by atoms with van der Waals surface area (Å²) in [6.07, 6.45) is 3.57. The summed E-state index contributed by atoms with van der Waals surface area (Å²) >= 11 is 0. The lowest BCUT2D eigenvalue weighted by molar-refractivity contribution is 0.0939. The normalized spacial score (nSPS) is 14.9. The Morgan fingerprint density at radius 3 is 1.97 bits per heavy atom. The molecule has 1 fully saturated rings. The molecule has 0 spiro atoms. The molecule has 0 radical (unpaired) electrons. The number of aliphatic imine (C=N–C) groups is 1.